The maximum Gasteiger partial charge on any atom is 0.335 e. The summed E-state index contributed by atoms with van der Waals surface area (Å²) >= 11 is 5.72. The van der Waals surface area contributed by atoms with E-state index in [-0.39, 0.29) is 10.7 Å². The smallest absolute Gasteiger partial charge is 0.335 e. The van der Waals surface area contributed by atoms with E-state index in [4.69, 9.17) is 21.1 Å². The van der Waals surface area contributed by atoms with Crippen LogP contribution in [-0.4, -0.2) is 16.1 Å². The second kappa shape index (κ2) is 4.88. The van der Waals surface area contributed by atoms with Crippen LogP contribution in [-0.2, 0) is 6.54 Å². The number of hydrogen-bond donors (Lipinski definition) is 2. The van der Waals surface area contributed by atoms with Gasteiger partial charge in [0.25, 0.3) is 0 Å². The van der Waals surface area contributed by atoms with Gasteiger partial charge in [-0.25, -0.2) is 9.78 Å². The van der Waals surface area contributed by atoms with Crippen molar-refractivity contribution in [2.24, 2.45) is 0 Å². The van der Waals surface area contributed by atoms with Crippen LogP contribution in [0.1, 0.15) is 16.1 Å². The lowest BCUT2D eigenvalue weighted by Gasteiger charge is -2.05. The SMILES string of the molecule is O=C(O)c1cc(Cl)nc(NCc2ccco2)c1. The summed E-state index contributed by atoms with van der Waals surface area (Å²) in [6, 6.07) is 6.28. The van der Waals surface area contributed by atoms with Gasteiger partial charge < -0.3 is 14.8 Å². The van der Waals surface area contributed by atoms with Gasteiger partial charge in [0, 0.05) is 0 Å². The fourth-order valence-electron chi connectivity index (χ4n) is 1.30. The van der Waals surface area contributed by atoms with Crippen molar-refractivity contribution < 1.29 is 14.3 Å². The van der Waals surface area contributed by atoms with Crippen molar-refractivity contribution in [2.45, 2.75) is 6.54 Å². The summed E-state index contributed by atoms with van der Waals surface area (Å²) in [5.74, 6) is 0.0744. The minimum atomic E-state index is -1.05. The Morgan fingerprint density at radius 3 is 3.00 bits per heavy atom. The molecule has 2 rings (SSSR count). The van der Waals surface area contributed by atoms with E-state index in [1.165, 1.54) is 12.1 Å². The molecule has 0 fully saturated rings. The minimum Gasteiger partial charge on any atom is -0.478 e. The van der Waals surface area contributed by atoms with Crippen LogP contribution in [0.15, 0.2) is 34.9 Å². The quantitative estimate of drug-likeness (QED) is 0.818. The number of halogens is 1. The van der Waals surface area contributed by atoms with Crippen molar-refractivity contribution in [3.05, 3.63) is 47.0 Å². The molecule has 0 spiro atoms. The Labute approximate surface area is 102 Å². The predicted octanol–water partition coefficient (Wildman–Crippen LogP) is 2.64. The number of rotatable bonds is 4. The molecule has 17 heavy (non-hydrogen) atoms. The van der Waals surface area contributed by atoms with E-state index < -0.39 is 5.97 Å². The lowest BCUT2D eigenvalue weighted by atomic mass is 10.2. The van der Waals surface area contributed by atoms with E-state index in [2.05, 4.69) is 10.3 Å². The first-order chi connectivity index (χ1) is 8.15. The normalized spacial score (nSPS) is 10.2. The number of furan rings is 1. The van der Waals surface area contributed by atoms with E-state index >= 15 is 0 Å². The van der Waals surface area contributed by atoms with Gasteiger partial charge in [-0.1, -0.05) is 11.6 Å². The average molecular weight is 253 g/mol. The van der Waals surface area contributed by atoms with Crippen LogP contribution in [0.5, 0.6) is 0 Å². The van der Waals surface area contributed by atoms with E-state index in [0.29, 0.717) is 12.4 Å². The van der Waals surface area contributed by atoms with Gasteiger partial charge in [-0.3, -0.25) is 0 Å². The summed E-state index contributed by atoms with van der Waals surface area (Å²) in [5.41, 5.74) is 0.0898. The zero-order valence-corrected chi connectivity index (χ0v) is 9.44. The number of carboxylic acid groups (broad SMARTS) is 1. The van der Waals surface area contributed by atoms with Crippen molar-refractivity contribution in [3.8, 4) is 0 Å². The fraction of sp³-hybridized carbons (Fsp3) is 0.0909. The highest BCUT2D eigenvalue weighted by Crippen LogP contribution is 2.15. The highest BCUT2D eigenvalue weighted by molar-refractivity contribution is 6.29. The minimum absolute atomic E-state index is 0.0898. The van der Waals surface area contributed by atoms with Crippen molar-refractivity contribution >= 4 is 23.4 Å². The summed E-state index contributed by atoms with van der Waals surface area (Å²) < 4.78 is 5.12. The predicted molar refractivity (Wildman–Crippen MR) is 62.2 cm³/mol. The molecule has 0 aliphatic carbocycles. The third-order valence-corrected chi connectivity index (χ3v) is 2.26. The molecule has 0 aliphatic heterocycles. The average Bonchev–Trinajstić information content (AvgIpc) is 2.78. The lowest BCUT2D eigenvalue weighted by molar-refractivity contribution is 0.0697. The Bertz CT molecular complexity index is 526. The first-order valence-corrected chi connectivity index (χ1v) is 5.20. The van der Waals surface area contributed by atoms with Gasteiger partial charge in [0.2, 0.25) is 0 Å². The molecule has 2 heterocycles. The lowest BCUT2D eigenvalue weighted by Crippen LogP contribution is -2.04. The maximum atomic E-state index is 10.8. The van der Waals surface area contributed by atoms with Crippen LogP contribution >= 0.6 is 11.6 Å². The van der Waals surface area contributed by atoms with Crippen molar-refractivity contribution in [3.63, 3.8) is 0 Å². The third-order valence-electron chi connectivity index (χ3n) is 2.06. The Hall–Kier alpha value is -2.01. The highest BCUT2D eigenvalue weighted by Gasteiger charge is 2.07. The molecular formula is C11H9ClN2O3. The van der Waals surface area contributed by atoms with Crippen LogP contribution in [0, 0.1) is 0 Å². The zero-order chi connectivity index (χ0) is 12.3. The first-order valence-electron chi connectivity index (χ1n) is 4.82. The van der Waals surface area contributed by atoms with Crippen LogP contribution < -0.4 is 5.32 Å². The van der Waals surface area contributed by atoms with Gasteiger partial charge in [0.05, 0.1) is 18.4 Å². The van der Waals surface area contributed by atoms with Crippen LogP contribution in [0.2, 0.25) is 5.15 Å². The number of carbonyl (C=O) groups is 1. The van der Waals surface area contributed by atoms with Gasteiger partial charge in [-0.2, -0.15) is 0 Å². The number of nitrogens with one attached hydrogen (secondary N) is 1. The number of anilines is 1. The number of nitrogens with zero attached hydrogens (tertiary/aromatic N) is 1. The van der Waals surface area contributed by atoms with E-state index in [9.17, 15) is 4.79 Å². The Kier molecular flexibility index (Phi) is 3.30. The summed E-state index contributed by atoms with van der Waals surface area (Å²) in [7, 11) is 0. The number of hydrogen-bond acceptors (Lipinski definition) is 4. The molecule has 2 N–H and O–H groups in total. The molecule has 0 aliphatic rings. The molecule has 0 saturated carbocycles. The van der Waals surface area contributed by atoms with Crippen molar-refractivity contribution in [1.82, 2.24) is 4.98 Å². The van der Waals surface area contributed by atoms with E-state index in [1.807, 2.05) is 0 Å². The monoisotopic (exact) mass is 252 g/mol. The summed E-state index contributed by atoms with van der Waals surface area (Å²) in [6.07, 6.45) is 1.56. The molecule has 6 heteroatoms. The van der Waals surface area contributed by atoms with Gasteiger partial charge in [0.1, 0.15) is 16.7 Å². The highest BCUT2D eigenvalue weighted by atomic mass is 35.5. The number of aromatic carboxylic acids is 1. The molecule has 0 atom stereocenters. The van der Waals surface area contributed by atoms with Gasteiger partial charge in [-0.05, 0) is 24.3 Å². The van der Waals surface area contributed by atoms with Crippen LogP contribution in [0.3, 0.4) is 0 Å². The third kappa shape index (κ3) is 2.98. The molecule has 0 aromatic carbocycles. The molecule has 0 amide bonds. The van der Waals surface area contributed by atoms with Gasteiger partial charge in [-0.15, -0.1) is 0 Å². The van der Waals surface area contributed by atoms with Gasteiger partial charge in [0.15, 0.2) is 0 Å². The summed E-state index contributed by atoms with van der Waals surface area (Å²) in [6.45, 7) is 0.416. The standard InChI is InChI=1S/C11H9ClN2O3/c12-9-4-7(11(15)16)5-10(14-9)13-6-8-2-1-3-17-8/h1-5H,6H2,(H,13,14)(H,15,16). The van der Waals surface area contributed by atoms with Crippen molar-refractivity contribution in [2.75, 3.05) is 5.32 Å². The number of carboxylic acids is 1. The van der Waals surface area contributed by atoms with Crippen LogP contribution in [0.4, 0.5) is 5.82 Å². The molecule has 0 saturated heterocycles. The number of pyridine rings is 1. The molecule has 0 bridgehead atoms. The maximum absolute atomic E-state index is 10.8. The van der Waals surface area contributed by atoms with E-state index in [0.717, 1.165) is 5.76 Å². The summed E-state index contributed by atoms with van der Waals surface area (Å²) in [5, 5.41) is 11.9. The molecule has 2 aromatic heterocycles. The Morgan fingerprint density at radius 1 is 1.53 bits per heavy atom. The molecule has 88 valence electrons. The van der Waals surface area contributed by atoms with E-state index in [1.54, 1.807) is 18.4 Å². The fourth-order valence-corrected chi connectivity index (χ4v) is 1.51. The number of aromatic nitrogens is 1. The molecule has 5 nitrogen and oxygen atoms in total. The Balaban J connectivity index is 2.13. The molecular weight excluding hydrogens is 244 g/mol. The molecule has 2 aromatic rings. The summed E-state index contributed by atoms with van der Waals surface area (Å²) in [4.78, 5) is 14.8. The molecule has 0 radical (unpaired) electrons. The molecule has 0 unspecified atom stereocenters. The first kappa shape index (κ1) is 11.5. The second-order valence-corrected chi connectivity index (χ2v) is 3.69. The van der Waals surface area contributed by atoms with Crippen LogP contribution in [0.25, 0.3) is 0 Å². The Morgan fingerprint density at radius 2 is 2.35 bits per heavy atom. The zero-order valence-electron chi connectivity index (χ0n) is 8.68. The largest absolute Gasteiger partial charge is 0.478 e. The van der Waals surface area contributed by atoms with Crippen molar-refractivity contribution in [1.29, 1.82) is 0 Å². The second-order valence-electron chi connectivity index (χ2n) is 3.30. The van der Waals surface area contributed by atoms with Gasteiger partial charge >= 0.3 is 5.97 Å². The topological polar surface area (TPSA) is 75.4 Å².